The third-order valence-corrected chi connectivity index (χ3v) is 12.7. The normalized spacial score (nSPS) is 16.6. The molecule has 3 atom stereocenters. The molecule has 384 valence electrons. The van der Waals surface area contributed by atoms with Crippen molar-refractivity contribution >= 4 is 64.3 Å². The Labute approximate surface area is 411 Å². The molecule has 0 saturated heterocycles. The number of fused-ring (bicyclic) bond motifs is 5. The number of aryl methyl sites for hydroxylation is 1. The highest BCUT2D eigenvalue weighted by Gasteiger charge is 2.38. The molecular weight excluding hydrogens is 946 g/mol. The summed E-state index contributed by atoms with van der Waals surface area (Å²) < 4.78 is 38.3. The number of cyclic esters (lactones) is 1. The van der Waals surface area contributed by atoms with Gasteiger partial charge in [-0.2, -0.15) is 0 Å². The summed E-state index contributed by atoms with van der Waals surface area (Å²) in [6.07, 6.45) is 2.72. The average molecular weight is 1000 g/mol. The molecule has 0 saturated carbocycles. The first-order valence-electron chi connectivity index (χ1n) is 23.5. The van der Waals surface area contributed by atoms with Crippen LogP contribution in [0.2, 0.25) is 0 Å². The zero-order chi connectivity index (χ0) is 51.8. The molecule has 7 rings (SSSR count). The minimum Gasteiger partial charge on any atom is -0.460 e. The van der Waals surface area contributed by atoms with Crippen LogP contribution < -0.4 is 37.5 Å². The van der Waals surface area contributed by atoms with Crippen molar-refractivity contribution in [2.45, 2.75) is 84.5 Å². The summed E-state index contributed by atoms with van der Waals surface area (Å²) >= 11 is 0. The number of esters is 1. The smallest absolute Gasteiger partial charge is 0.407 e. The summed E-state index contributed by atoms with van der Waals surface area (Å²) in [5, 5.41) is 15.8. The number of nitrogens with one attached hydrogen (secondary N) is 6. The molecular formula is C48H56FN9O14. The summed E-state index contributed by atoms with van der Waals surface area (Å²) in [6, 6.07) is 1.50. The number of hydrogen-bond donors (Lipinski definition) is 6. The molecule has 24 heteroatoms. The van der Waals surface area contributed by atoms with Crippen LogP contribution in [0.1, 0.15) is 85.4 Å². The molecule has 1 aromatic carbocycles. The summed E-state index contributed by atoms with van der Waals surface area (Å²) in [5.41, 5.74) is 4.68. The number of nitrogens with zero attached hydrogens (tertiary/aromatic N) is 3. The minimum absolute atomic E-state index is 0.0232. The topological polar surface area (TPSA) is 301 Å². The third-order valence-electron chi connectivity index (χ3n) is 12.7. The van der Waals surface area contributed by atoms with Crippen LogP contribution in [0.4, 0.5) is 9.18 Å². The molecule has 0 radical (unpaired) electrons. The van der Waals surface area contributed by atoms with Crippen LogP contribution >= 0.6 is 0 Å². The molecule has 0 spiro atoms. The average Bonchev–Trinajstić information content (AvgIpc) is 3.88. The maximum atomic E-state index is 15.3. The second-order valence-electron chi connectivity index (χ2n) is 17.7. The molecule has 23 nitrogen and oxygen atoms in total. The fourth-order valence-electron chi connectivity index (χ4n) is 8.98. The van der Waals surface area contributed by atoms with E-state index in [-0.39, 0.29) is 64.8 Å². The number of alkyl carbamates (subject to hydrolysis) is 1. The van der Waals surface area contributed by atoms with Crippen molar-refractivity contribution < 1.29 is 66.5 Å². The number of rotatable bonds is 22. The van der Waals surface area contributed by atoms with E-state index in [0.717, 1.165) is 22.6 Å². The fraction of sp³-hybridized carbons (Fsp3) is 0.479. The number of carbonyl (C=O) groups excluding carboxylic acids is 9. The Morgan fingerprint density at radius 2 is 1.56 bits per heavy atom. The van der Waals surface area contributed by atoms with E-state index >= 15 is 4.39 Å². The van der Waals surface area contributed by atoms with Crippen LogP contribution in [0.15, 0.2) is 29.1 Å². The molecule has 3 aromatic rings. The number of imide groups is 1. The van der Waals surface area contributed by atoms with Crippen LogP contribution in [-0.2, 0) is 76.9 Å². The molecule has 2 aromatic heterocycles. The first-order chi connectivity index (χ1) is 34.5. The van der Waals surface area contributed by atoms with E-state index in [1.54, 1.807) is 31.4 Å². The highest BCUT2D eigenvalue weighted by molar-refractivity contribution is 6.12. The van der Waals surface area contributed by atoms with Gasteiger partial charge in [0.25, 0.3) is 17.4 Å². The van der Waals surface area contributed by atoms with Gasteiger partial charge in [0.2, 0.25) is 29.5 Å². The molecule has 5 heterocycles. The van der Waals surface area contributed by atoms with Crippen molar-refractivity contribution in [1.29, 1.82) is 0 Å². The number of benzene rings is 1. The van der Waals surface area contributed by atoms with Crippen LogP contribution in [0.25, 0.3) is 22.3 Å². The van der Waals surface area contributed by atoms with Crippen molar-refractivity contribution in [3.63, 3.8) is 0 Å². The Bertz CT molecular complexity index is 2790. The Balaban J connectivity index is 0.808. The van der Waals surface area contributed by atoms with Gasteiger partial charge in [-0.3, -0.25) is 48.1 Å². The number of halogens is 1. The van der Waals surface area contributed by atoms with Gasteiger partial charge in [0.1, 0.15) is 31.8 Å². The van der Waals surface area contributed by atoms with Gasteiger partial charge in [-0.15, -0.1) is 0 Å². The van der Waals surface area contributed by atoms with Crippen molar-refractivity contribution in [1.82, 2.24) is 46.4 Å². The number of pyridine rings is 2. The first kappa shape index (κ1) is 52.2. The Morgan fingerprint density at radius 3 is 2.29 bits per heavy atom. The Kier molecular flexibility index (Phi) is 16.7. The molecule has 0 bridgehead atoms. The Morgan fingerprint density at radius 1 is 0.847 bits per heavy atom. The van der Waals surface area contributed by atoms with Crippen LogP contribution in [0.3, 0.4) is 0 Å². The zero-order valence-corrected chi connectivity index (χ0v) is 40.2. The van der Waals surface area contributed by atoms with E-state index in [0.29, 0.717) is 69.4 Å². The third kappa shape index (κ3) is 11.8. The highest BCUT2D eigenvalue weighted by Crippen LogP contribution is 2.45. The lowest BCUT2D eigenvalue weighted by molar-refractivity contribution is -0.148. The zero-order valence-electron chi connectivity index (χ0n) is 40.2. The van der Waals surface area contributed by atoms with Gasteiger partial charge in [-0.25, -0.2) is 14.2 Å². The monoisotopic (exact) mass is 1000 g/mol. The van der Waals surface area contributed by atoms with Crippen molar-refractivity contribution in [3.05, 3.63) is 73.8 Å². The highest BCUT2D eigenvalue weighted by atomic mass is 19.1. The summed E-state index contributed by atoms with van der Waals surface area (Å²) in [5.74, 6) is -5.92. The van der Waals surface area contributed by atoms with Crippen molar-refractivity contribution in [2.75, 3.05) is 59.3 Å². The lowest BCUT2D eigenvalue weighted by Gasteiger charge is -2.29. The van der Waals surface area contributed by atoms with E-state index in [1.165, 1.54) is 6.07 Å². The maximum Gasteiger partial charge on any atom is 0.407 e. The van der Waals surface area contributed by atoms with Gasteiger partial charge in [-0.05, 0) is 60.4 Å². The number of ether oxygens (including phenoxy) is 4. The quantitative estimate of drug-likeness (QED) is 0.0262. The van der Waals surface area contributed by atoms with Gasteiger partial charge >= 0.3 is 12.1 Å². The number of carbonyl (C=O) groups is 9. The van der Waals surface area contributed by atoms with Gasteiger partial charge in [0, 0.05) is 35.6 Å². The van der Waals surface area contributed by atoms with E-state index < -0.39 is 103 Å². The molecule has 4 aliphatic rings. The SMILES string of the molecule is CCC1C(=O)OCc2c1cc1n(c2=O)Cc2c-1nc1cc(F)c(C)c3c1c2C(NC(=O)OCCOCNC(=O)CNC(=O)C(NC(=O)CNC(=O)CNC(=O)CCOCCN1C(=O)C=CC1=O)C(C)C)CC3. The Hall–Kier alpha value is -7.60. The van der Waals surface area contributed by atoms with Crippen molar-refractivity contribution in [2.24, 2.45) is 5.92 Å². The molecule has 6 N–H and O–H groups in total. The van der Waals surface area contributed by atoms with Gasteiger partial charge in [0.05, 0.1) is 87.0 Å². The summed E-state index contributed by atoms with van der Waals surface area (Å²) in [4.78, 5) is 131. The van der Waals surface area contributed by atoms with Gasteiger partial charge < -0.3 is 55.4 Å². The minimum atomic E-state index is -1.07. The number of amides is 8. The lowest BCUT2D eigenvalue weighted by Crippen LogP contribution is -2.53. The molecule has 1 aliphatic carbocycles. The standard InChI is InChI=1S/C48H56FN9O14/c1-5-26-28-16-34-44-29(21-58(34)46(66)30(28)22-72-47(26)67)42-32(7-6-27-25(4)31(49)17-33(54-44)41(27)42)55-48(68)71-15-14-70-23-53-37(61)19-52-45(65)43(24(2)3)56-38(62)20-51-36(60)18-50-35(59)10-12-69-13-11-57-39(63)8-9-40(57)64/h8-9,16-17,24,26,32,43H,5-7,10-15,18-23H2,1-4H3,(H,50,59)(H,51,60)(H,52,65)(H,53,61)(H,55,68)(H,56,62). The van der Waals surface area contributed by atoms with Crippen LogP contribution in [0.5, 0.6) is 0 Å². The second kappa shape index (κ2) is 23.1. The van der Waals surface area contributed by atoms with Crippen LogP contribution in [0, 0.1) is 18.7 Å². The molecule has 8 amide bonds. The number of hydrogen-bond acceptors (Lipinski definition) is 15. The van der Waals surface area contributed by atoms with E-state index in [2.05, 4.69) is 31.9 Å². The predicted molar refractivity (Wildman–Crippen MR) is 250 cm³/mol. The lowest BCUT2D eigenvalue weighted by atomic mass is 9.81. The summed E-state index contributed by atoms with van der Waals surface area (Å²) in [6.45, 7) is 4.91. The first-order valence-corrected chi connectivity index (χ1v) is 23.5. The summed E-state index contributed by atoms with van der Waals surface area (Å²) in [7, 11) is 0. The van der Waals surface area contributed by atoms with E-state index in [1.807, 2.05) is 6.92 Å². The number of aromatic nitrogens is 2. The van der Waals surface area contributed by atoms with Gasteiger partial charge in [0.15, 0.2) is 0 Å². The van der Waals surface area contributed by atoms with E-state index in [9.17, 15) is 47.9 Å². The molecule has 0 fully saturated rings. The largest absolute Gasteiger partial charge is 0.460 e. The maximum absolute atomic E-state index is 15.3. The van der Waals surface area contributed by atoms with Gasteiger partial charge in [-0.1, -0.05) is 20.8 Å². The molecule has 3 aliphatic heterocycles. The predicted octanol–water partition coefficient (Wildman–Crippen LogP) is 0.0480. The second-order valence-corrected chi connectivity index (χ2v) is 17.7. The van der Waals surface area contributed by atoms with E-state index in [4.69, 9.17) is 23.9 Å². The fourth-order valence-corrected chi connectivity index (χ4v) is 8.98. The molecule has 72 heavy (non-hydrogen) atoms. The molecule has 3 unspecified atom stereocenters. The van der Waals surface area contributed by atoms with Crippen molar-refractivity contribution in [3.8, 4) is 11.4 Å². The van der Waals surface area contributed by atoms with Crippen LogP contribution in [-0.4, -0.2) is 133 Å².